The SMILES string of the molecule is COc1c(C)cc2c(c1O)[C@@H]1C3Cc4c(OC(C)=O)c(C)c5c(c4[C@H](CNC(=O)[C@H](C)NC(=S)Nc4ccccc4)N3[C@@H](C#N)C(C2)N1C)OCO5. The first-order valence-electron chi connectivity index (χ1n) is 17.3. The molecule has 1 amide bonds. The number of phenols is 1. The van der Waals surface area contributed by atoms with E-state index in [1.807, 2.05) is 57.3 Å². The predicted octanol–water partition coefficient (Wildman–Crippen LogP) is 3.93. The molecule has 2 unspecified atom stereocenters. The van der Waals surface area contributed by atoms with Gasteiger partial charge >= 0.3 is 5.97 Å². The number of methoxy groups -OCH3 is 1. The number of phenolic OH excluding ortho intramolecular Hbond substituents is 1. The Bertz CT molecular complexity index is 2000. The maximum Gasteiger partial charge on any atom is 0.308 e. The van der Waals surface area contributed by atoms with E-state index < -0.39 is 30.1 Å². The average molecular weight is 727 g/mol. The molecule has 0 radical (unpaired) electrons. The van der Waals surface area contributed by atoms with Gasteiger partial charge in [-0.3, -0.25) is 19.4 Å². The van der Waals surface area contributed by atoms with Gasteiger partial charge in [-0.1, -0.05) is 24.3 Å². The van der Waals surface area contributed by atoms with E-state index in [9.17, 15) is 20.0 Å². The lowest BCUT2D eigenvalue weighted by atomic mass is 9.71. The molecule has 0 aromatic heterocycles. The van der Waals surface area contributed by atoms with Crippen LogP contribution in [0.5, 0.6) is 28.7 Å². The number of para-hydroxylation sites is 1. The Morgan fingerprint density at radius 1 is 1.12 bits per heavy atom. The van der Waals surface area contributed by atoms with Gasteiger partial charge in [0, 0.05) is 53.5 Å². The second-order valence-electron chi connectivity index (χ2n) is 13.8. The molecule has 0 saturated carbocycles. The van der Waals surface area contributed by atoms with E-state index in [0.717, 1.165) is 27.9 Å². The number of nitrogens with one attached hydrogen (secondary N) is 3. The van der Waals surface area contributed by atoms with Crippen LogP contribution in [0.1, 0.15) is 59.3 Å². The van der Waals surface area contributed by atoms with Crippen LogP contribution >= 0.6 is 12.2 Å². The highest BCUT2D eigenvalue weighted by Crippen LogP contribution is 2.58. The van der Waals surface area contributed by atoms with Crippen molar-refractivity contribution in [3.05, 3.63) is 69.8 Å². The molecule has 0 aliphatic carbocycles. The molecule has 3 aromatic carbocycles. The summed E-state index contributed by atoms with van der Waals surface area (Å²) in [4.78, 5) is 30.6. The van der Waals surface area contributed by atoms with E-state index in [-0.39, 0.29) is 37.1 Å². The van der Waals surface area contributed by atoms with E-state index in [0.29, 0.717) is 52.1 Å². The largest absolute Gasteiger partial charge is 0.504 e. The summed E-state index contributed by atoms with van der Waals surface area (Å²) < 4.78 is 23.6. The molecule has 7 rings (SSSR count). The lowest BCUT2D eigenvalue weighted by molar-refractivity contribution is -0.132. The Kier molecular flexibility index (Phi) is 9.37. The molecule has 4 heterocycles. The zero-order valence-corrected chi connectivity index (χ0v) is 30.7. The lowest BCUT2D eigenvalue weighted by Crippen LogP contribution is -2.69. The van der Waals surface area contributed by atoms with Gasteiger partial charge in [0.15, 0.2) is 28.1 Å². The number of amides is 1. The van der Waals surface area contributed by atoms with Crippen molar-refractivity contribution in [2.45, 2.75) is 76.8 Å². The molecular formula is C38H42N6O7S. The number of likely N-dealkylation sites (N-methyl/N-ethyl adjacent to an activating group) is 1. The second kappa shape index (κ2) is 13.8. The number of carbonyl (C=O) groups is 2. The van der Waals surface area contributed by atoms with Gasteiger partial charge in [0.25, 0.3) is 0 Å². The molecule has 6 atom stereocenters. The van der Waals surface area contributed by atoms with Gasteiger partial charge in [-0.05, 0) is 76.1 Å². The van der Waals surface area contributed by atoms with Gasteiger partial charge < -0.3 is 40.0 Å². The van der Waals surface area contributed by atoms with Crippen LogP contribution in [0.2, 0.25) is 0 Å². The molecule has 272 valence electrons. The summed E-state index contributed by atoms with van der Waals surface area (Å²) in [5, 5.41) is 32.2. The number of hydrogen-bond donors (Lipinski definition) is 4. The molecular weight excluding hydrogens is 685 g/mol. The standard InChI is InChI=1S/C38H42N6O7S/c1-18-12-22-13-25-27(15-39)44-26(31(43(25)5)29(22)32(46)33(18)48-6)14-24-30(36-35(49-17-50-36)19(2)34(24)51-21(4)45)28(44)16-40-37(47)20(3)41-38(52)42-23-10-8-7-9-11-23/h7-12,20,25-28,31,46H,13-14,16-17H2,1-6H3,(H,40,47)(H2,41,42,52)/t20-,25?,26?,27-,28-,31-/m0/s1. The normalized spacial score (nSPS) is 23.2. The number of anilines is 1. The summed E-state index contributed by atoms with van der Waals surface area (Å²) >= 11 is 5.49. The van der Waals surface area contributed by atoms with Crippen molar-refractivity contribution in [2.75, 3.05) is 32.8 Å². The van der Waals surface area contributed by atoms with Crippen LogP contribution in [-0.2, 0) is 22.4 Å². The van der Waals surface area contributed by atoms with Crippen LogP contribution < -0.4 is 34.9 Å². The number of aromatic hydroxyl groups is 1. The molecule has 1 saturated heterocycles. The molecule has 4 aliphatic rings. The first-order chi connectivity index (χ1) is 24.9. The summed E-state index contributed by atoms with van der Waals surface area (Å²) in [6.45, 7) is 6.85. The molecule has 4 aliphatic heterocycles. The quantitative estimate of drug-likeness (QED) is 0.158. The number of nitrogens with zero attached hydrogens (tertiary/aromatic N) is 3. The first-order valence-corrected chi connectivity index (χ1v) is 17.7. The maximum atomic E-state index is 13.7. The van der Waals surface area contributed by atoms with Gasteiger partial charge in [-0.2, -0.15) is 5.26 Å². The van der Waals surface area contributed by atoms with Crippen molar-refractivity contribution in [3.8, 4) is 34.8 Å². The molecule has 4 N–H and O–H groups in total. The van der Waals surface area contributed by atoms with Crippen molar-refractivity contribution in [2.24, 2.45) is 0 Å². The Hall–Kier alpha value is -5.10. The minimum absolute atomic E-state index is 0.0302. The van der Waals surface area contributed by atoms with E-state index in [1.54, 1.807) is 6.92 Å². The minimum atomic E-state index is -0.708. The van der Waals surface area contributed by atoms with Crippen LogP contribution in [-0.4, -0.2) is 83.6 Å². The highest BCUT2D eigenvalue weighted by atomic mass is 32.1. The fraction of sp³-hybridized carbons (Fsp3) is 0.421. The van der Waals surface area contributed by atoms with E-state index in [2.05, 4.69) is 31.8 Å². The number of hydrogen-bond acceptors (Lipinski definition) is 11. The number of benzene rings is 3. The fourth-order valence-electron chi connectivity index (χ4n) is 8.61. The van der Waals surface area contributed by atoms with Gasteiger partial charge in [-0.15, -0.1) is 0 Å². The molecule has 14 heteroatoms. The van der Waals surface area contributed by atoms with Gasteiger partial charge in [0.1, 0.15) is 17.8 Å². The maximum absolute atomic E-state index is 13.7. The number of carbonyl (C=O) groups excluding carboxylic acids is 2. The van der Waals surface area contributed by atoms with E-state index >= 15 is 0 Å². The Balaban J connectivity index is 1.31. The average Bonchev–Trinajstić information content (AvgIpc) is 3.60. The summed E-state index contributed by atoms with van der Waals surface area (Å²) in [5.74, 6) is 1.00. The molecule has 2 bridgehead atoms. The lowest BCUT2D eigenvalue weighted by Gasteiger charge is -2.60. The second-order valence-corrected chi connectivity index (χ2v) is 14.2. The number of nitriles is 1. The van der Waals surface area contributed by atoms with Crippen molar-refractivity contribution < 1.29 is 33.6 Å². The van der Waals surface area contributed by atoms with E-state index in [1.165, 1.54) is 14.0 Å². The first kappa shape index (κ1) is 35.3. The summed E-state index contributed by atoms with van der Waals surface area (Å²) in [5.41, 5.74) is 5.34. The Morgan fingerprint density at radius 2 is 1.85 bits per heavy atom. The molecule has 0 spiro atoms. The third-order valence-electron chi connectivity index (χ3n) is 10.8. The van der Waals surface area contributed by atoms with Crippen molar-refractivity contribution in [1.29, 1.82) is 5.26 Å². The number of thiocarbonyl (C=S) groups is 1. The van der Waals surface area contributed by atoms with Crippen LogP contribution in [0.25, 0.3) is 0 Å². The highest BCUT2D eigenvalue weighted by Gasteiger charge is 2.57. The van der Waals surface area contributed by atoms with Gasteiger partial charge in [-0.25, -0.2) is 0 Å². The van der Waals surface area contributed by atoms with Crippen LogP contribution in [0, 0.1) is 25.2 Å². The highest BCUT2D eigenvalue weighted by molar-refractivity contribution is 7.80. The number of fused-ring (bicyclic) bond motifs is 9. The predicted molar refractivity (Wildman–Crippen MR) is 196 cm³/mol. The van der Waals surface area contributed by atoms with Crippen molar-refractivity contribution in [3.63, 3.8) is 0 Å². The van der Waals surface area contributed by atoms with Crippen LogP contribution in [0.15, 0.2) is 36.4 Å². The zero-order valence-electron chi connectivity index (χ0n) is 29.9. The zero-order chi connectivity index (χ0) is 37.0. The number of rotatable bonds is 7. The fourth-order valence-corrected chi connectivity index (χ4v) is 8.91. The monoisotopic (exact) mass is 726 g/mol. The molecule has 13 nitrogen and oxygen atoms in total. The Labute approximate surface area is 307 Å². The summed E-state index contributed by atoms with van der Waals surface area (Å²) in [6.07, 6.45) is 0.872. The molecule has 1 fully saturated rings. The Morgan fingerprint density at radius 3 is 2.54 bits per heavy atom. The number of aryl methyl sites for hydroxylation is 1. The van der Waals surface area contributed by atoms with Crippen LogP contribution in [0.4, 0.5) is 5.69 Å². The number of ether oxygens (including phenoxy) is 4. The smallest absolute Gasteiger partial charge is 0.308 e. The third-order valence-corrected chi connectivity index (χ3v) is 11.0. The third kappa shape index (κ3) is 5.82. The van der Waals surface area contributed by atoms with Crippen molar-refractivity contribution >= 4 is 34.9 Å². The number of esters is 1. The van der Waals surface area contributed by atoms with Crippen LogP contribution in [0.3, 0.4) is 0 Å². The van der Waals surface area contributed by atoms with E-state index in [4.69, 9.17) is 31.2 Å². The summed E-state index contributed by atoms with van der Waals surface area (Å²) in [6, 6.07) is 11.1. The summed E-state index contributed by atoms with van der Waals surface area (Å²) in [7, 11) is 3.52. The van der Waals surface area contributed by atoms with Gasteiger partial charge in [0.05, 0.1) is 25.3 Å². The number of piperazine rings is 1. The topological polar surface area (TPSA) is 158 Å². The minimum Gasteiger partial charge on any atom is -0.504 e. The van der Waals surface area contributed by atoms with Crippen molar-refractivity contribution in [1.82, 2.24) is 20.4 Å². The molecule has 52 heavy (non-hydrogen) atoms. The molecule has 3 aromatic rings. The van der Waals surface area contributed by atoms with Gasteiger partial charge in [0.2, 0.25) is 12.7 Å².